The summed E-state index contributed by atoms with van der Waals surface area (Å²) in [5, 5.41) is 19.7. The van der Waals surface area contributed by atoms with Crippen molar-refractivity contribution < 1.29 is 15.0 Å². The van der Waals surface area contributed by atoms with Crippen LogP contribution in [0.5, 0.6) is 0 Å². The van der Waals surface area contributed by atoms with Crippen molar-refractivity contribution >= 4 is 26.7 Å². The van der Waals surface area contributed by atoms with Crippen LogP contribution in [0.4, 0.5) is 5.82 Å². The van der Waals surface area contributed by atoms with Crippen LogP contribution >= 0.6 is 0 Å². The Bertz CT molecular complexity index is 275. The van der Waals surface area contributed by atoms with Gasteiger partial charge in [-0.15, -0.1) is 0 Å². The van der Waals surface area contributed by atoms with Crippen LogP contribution in [0.3, 0.4) is 0 Å². The van der Waals surface area contributed by atoms with Gasteiger partial charge in [-0.1, -0.05) is 0 Å². The second kappa shape index (κ2) is 4.20. The molecular formula is C5H7N3O3Se. The van der Waals surface area contributed by atoms with Crippen molar-refractivity contribution in [1.82, 2.24) is 7.96 Å². The average molecular weight is 236 g/mol. The topological polar surface area (TPSA) is 95.3 Å². The summed E-state index contributed by atoms with van der Waals surface area (Å²) in [4.78, 5) is 10.5. The fourth-order valence-corrected chi connectivity index (χ4v) is 1.71. The van der Waals surface area contributed by atoms with Crippen molar-refractivity contribution in [1.29, 1.82) is 0 Å². The molecule has 0 fully saturated rings. The number of nitrogens with one attached hydrogen (secondary N) is 1. The van der Waals surface area contributed by atoms with Gasteiger partial charge in [-0.2, -0.15) is 0 Å². The van der Waals surface area contributed by atoms with Gasteiger partial charge in [-0.3, -0.25) is 0 Å². The van der Waals surface area contributed by atoms with Gasteiger partial charge >= 0.3 is 73.9 Å². The quantitative estimate of drug-likeness (QED) is 0.558. The Kier molecular flexibility index (Phi) is 3.21. The third-order valence-electron chi connectivity index (χ3n) is 1.10. The van der Waals surface area contributed by atoms with Crippen molar-refractivity contribution in [3.05, 3.63) is 5.69 Å². The fraction of sp³-hybridized carbons (Fsp3) is 0.400. The summed E-state index contributed by atoms with van der Waals surface area (Å²) >= 11 is -0.356. The van der Waals surface area contributed by atoms with E-state index in [1.54, 1.807) is 0 Å². The Hall–Kier alpha value is -0.911. The van der Waals surface area contributed by atoms with E-state index in [1.165, 1.54) is 0 Å². The molecule has 3 N–H and O–H groups in total. The van der Waals surface area contributed by atoms with Crippen molar-refractivity contribution in [2.24, 2.45) is 0 Å². The molecule has 6 nitrogen and oxygen atoms in total. The first-order valence-electron chi connectivity index (χ1n) is 3.16. The minimum atomic E-state index is -1.08. The number of nitrogens with zero attached hydrogens (tertiary/aromatic N) is 2. The third kappa shape index (κ3) is 2.04. The molecule has 1 rings (SSSR count). The Morgan fingerprint density at radius 2 is 2.33 bits per heavy atom. The molecule has 0 amide bonds. The maximum absolute atomic E-state index is 10.5. The monoisotopic (exact) mass is 237 g/mol. The van der Waals surface area contributed by atoms with Crippen LogP contribution in [0.15, 0.2) is 0 Å². The van der Waals surface area contributed by atoms with Gasteiger partial charge < -0.3 is 0 Å². The van der Waals surface area contributed by atoms with Crippen LogP contribution in [-0.2, 0) is 0 Å². The molecule has 0 aromatic carbocycles. The molecule has 1 aromatic heterocycles. The van der Waals surface area contributed by atoms with E-state index in [4.69, 9.17) is 10.2 Å². The molecule has 0 radical (unpaired) electrons. The average Bonchev–Trinajstić information content (AvgIpc) is 2.48. The van der Waals surface area contributed by atoms with E-state index in [0.29, 0.717) is 6.54 Å². The van der Waals surface area contributed by atoms with E-state index in [1.807, 2.05) is 0 Å². The molecular weight excluding hydrogens is 229 g/mol. The van der Waals surface area contributed by atoms with Crippen molar-refractivity contribution in [2.75, 3.05) is 18.5 Å². The summed E-state index contributed by atoms with van der Waals surface area (Å²) in [5.41, 5.74) is -0.0385. The predicted octanol–water partition coefficient (Wildman–Crippen LogP) is -1.36. The molecule has 1 heterocycles. The van der Waals surface area contributed by atoms with E-state index < -0.39 is 5.97 Å². The Morgan fingerprint density at radius 3 is 2.92 bits per heavy atom. The zero-order valence-corrected chi connectivity index (χ0v) is 7.73. The number of aromatic nitrogens is 2. The third-order valence-corrected chi connectivity index (χ3v) is 2.20. The van der Waals surface area contributed by atoms with E-state index >= 15 is 0 Å². The molecule has 66 valence electrons. The number of aliphatic hydroxyl groups is 1. The summed E-state index contributed by atoms with van der Waals surface area (Å²) in [6.45, 7) is 0.236. The first-order chi connectivity index (χ1) is 5.75. The molecule has 0 unspecified atom stereocenters. The van der Waals surface area contributed by atoms with Crippen LogP contribution in [0.2, 0.25) is 0 Å². The number of hydrogen-bond acceptors (Lipinski definition) is 5. The van der Waals surface area contributed by atoms with E-state index in [9.17, 15) is 4.79 Å². The molecule has 0 atom stereocenters. The summed E-state index contributed by atoms with van der Waals surface area (Å²) in [5.74, 6) is -0.810. The molecule has 0 bridgehead atoms. The Balaban J connectivity index is 2.70. The number of aliphatic hydroxyl groups excluding tert-OH is 1. The summed E-state index contributed by atoms with van der Waals surface area (Å²) in [6.07, 6.45) is 0. The van der Waals surface area contributed by atoms with Crippen LogP contribution in [0.1, 0.15) is 10.5 Å². The fourth-order valence-electron chi connectivity index (χ4n) is 0.619. The number of carboxylic acids is 1. The second-order valence-electron chi connectivity index (χ2n) is 1.92. The zero-order chi connectivity index (χ0) is 8.97. The predicted molar refractivity (Wildman–Crippen MR) is 41.5 cm³/mol. The van der Waals surface area contributed by atoms with Gasteiger partial charge in [-0.25, -0.2) is 0 Å². The molecule has 0 aliphatic heterocycles. The first kappa shape index (κ1) is 9.18. The van der Waals surface area contributed by atoms with Crippen LogP contribution in [0, 0.1) is 0 Å². The van der Waals surface area contributed by atoms with Gasteiger partial charge in [0.15, 0.2) is 0 Å². The number of rotatable bonds is 4. The standard InChI is InChI=1S/C5H7N3O3Se/c9-2-1-6-4-3(5(10)11)7-12-8-4/h9H,1-2H2,(H,6,8)(H,10,11). The van der Waals surface area contributed by atoms with Crippen LogP contribution < -0.4 is 5.32 Å². The molecule has 0 aliphatic carbocycles. The summed E-state index contributed by atoms with van der Waals surface area (Å²) in [7, 11) is 0. The SMILES string of the molecule is O=C(O)c1n[se]nc1NCCO. The Morgan fingerprint density at radius 1 is 1.58 bits per heavy atom. The van der Waals surface area contributed by atoms with E-state index in [-0.39, 0.29) is 33.1 Å². The Labute approximate surface area is 74.5 Å². The number of carboxylic acid groups (broad SMARTS) is 1. The number of anilines is 1. The van der Waals surface area contributed by atoms with Crippen molar-refractivity contribution in [3.8, 4) is 0 Å². The maximum atomic E-state index is 10.5. The van der Waals surface area contributed by atoms with Crippen LogP contribution in [-0.4, -0.2) is 52.3 Å². The molecule has 0 aliphatic rings. The summed E-state index contributed by atoms with van der Waals surface area (Å²) < 4.78 is 7.55. The molecule has 12 heavy (non-hydrogen) atoms. The van der Waals surface area contributed by atoms with Gasteiger partial charge in [0.2, 0.25) is 0 Å². The number of hydrogen-bond donors (Lipinski definition) is 3. The normalized spacial score (nSPS) is 9.75. The molecule has 0 saturated heterocycles. The van der Waals surface area contributed by atoms with E-state index in [2.05, 4.69) is 13.3 Å². The zero-order valence-electron chi connectivity index (χ0n) is 6.02. The first-order valence-corrected chi connectivity index (χ1v) is 4.69. The molecule has 0 saturated carbocycles. The van der Waals surface area contributed by atoms with Gasteiger partial charge in [0.05, 0.1) is 0 Å². The van der Waals surface area contributed by atoms with E-state index in [0.717, 1.165) is 0 Å². The van der Waals surface area contributed by atoms with Gasteiger partial charge in [0, 0.05) is 0 Å². The van der Waals surface area contributed by atoms with Gasteiger partial charge in [0.1, 0.15) is 0 Å². The molecule has 7 heteroatoms. The minimum absolute atomic E-state index is 0.0385. The van der Waals surface area contributed by atoms with Gasteiger partial charge in [-0.05, 0) is 0 Å². The van der Waals surface area contributed by atoms with Crippen LogP contribution in [0.25, 0.3) is 0 Å². The van der Waals surface area contributed by atoms with Gasteiger partial charge in [0.25, 0.3) is 0 Å². The number of carbonyl (C=O) groups is 1. The number of aromatic carboxylic acids is 1. The molecule has 0 spiro atoms. The van der Waals surface area contributed by atoms with Crippen molar-refractivity contribution in [3.63, 3.8) is 0 Å². The second-order valence-corrected chi connectivity index (χ2v) is 3.03. The van der Waals surface area contributed by atoms with Crippen molar-refractivity contribution in [2.45, 2.75) is 0 Å². The molecule has 1 aromatic rings. The summed E-state index contributed by atoms with van der Waals surface area (Å²) in [6, 6.07) is 0.